The molecule has 2 atom stereocenters. The molecule has 1 aromatic carbocycles. The monoisotopic (exact) mass is 388 g/mol. The van der Waals surface area contributed by atoms with E-state index in [0.717, 1.165) is 28.7 Å². The Morgan fingerprint density at radius 2 is 2.07 bits per heavy atom. The molecule has 2 N–H and O–H groups in total. The van der Waals surface area contributed by atoms with E-state index in [1.165, 1.54) is 0 Å². The van der Waals surface area contributed by atoms with Gasteiger partial charge in [0.25, 0.3) is 0 Å². The molecule has 0 saturated carbocycles. The summed E-state index contributed by atoms with van der Waals surface area (Å²) < 4.78 is 3.75. The molecular weight excluding hydrogens is 364 g/mol. The summed E-state index contributed by atoms with van der Waals surface area (Å²) in [6.45, 7) is 5.67. The Balaban J connectivity index is 0.00000210. The van der Waals surface area contributed by atoms with Crippen molar-refractivity contribution >= 4 is 34.9 Å². The van der Waals surface area contributed by atoms with Crippen LogP contribution in [0.1, 0.15) is 31.4 Å². The summed E-state index contributed by atoms with van der Waals surface area (Å²) >= 11 is 0. The van der Waals surface area contributed by atoms with Crippen LogP contribution in [-0.4, -0.2) is 38.6 Å². The van der Waals surface area contributed by atoms with Crippen LogP contribution in [0.2, 0.25) is 0 Å². The van der Waals surface area contributed by atoms with Gasteiger partial charge in [0.1, 0.15) is 0 Å². The summed E-state index contributed by atoms with van der Waals surface area (Å²) in [5, 5.41) is 16.2. The molecule has 7 nitrogen and oxygen atoms in total. The summed E-state index contributed by atoms with van der Waals surface area (Å²) in [6, 6.07) is 6.21. The summed E-state index contributed by atoms with van der Waals surface area (Å²) in [5.41, 5.74) is 2.94. The molecule has 1 aliphatic heterocycles. The van der Waals surface area contributed by atoms with Gasteiger partial charge in [-0.25, -0.2) is 0 Å². The van der Waals surface area contributed by atoms with Crippen LogP contribution in [0.15, 0.2) is 36.8 Å². The average Bonchev–Trinajstić information content (AvgIpc) is 3.32. The number of hydrogen-bond acceptors (Lipinski definition) is 4. The lowest BCUT2D eigenvalue weighted by Crippen LogP contribution is -2.28. The minimum Gasteiger partial charge on any atom is -0.326 e. The first-order valence-corrected chi connectivity index (χ1v) is 9.00. The molecule has 0 aliphatic carbocycles. The van der Waals surface area contributed by atoms with E-state index in [9.17, 15) is 4.79 Å². The molecule has 0 unspecified atom stereocenters. The third-order valence-corrected chi connectivity index (χ3v) is 5.06. The molecule has 0 bridgehead atoms. The minimum absolute atomic E-state index is 0. The van der Waals surface area contributed by atoms with Gasteiger partial charge in [-0.15, -0.1) is 12.4 Å². The Labute approximate surface area is 164 Å². The zero-order valence-corrected chi connectivity index (χ0v) is 16.5. The van der Waals surface area contributed by atoms with Crippen LogP contribution in [0.4, 0.5) is 5.69 Å². The zero-order valence-electron chi connectivity index (χ0n) is 15.7. The largest absolute Gasteiger partial charge is 0.326 e. The molecule has 8 heteroatoms. The number of nitrogens with one attached hydrogen (secondary N) is 2. The summed E-state index contributed by atoms with van der Waals surface area (Å²) in [7, 11) is 1.90. The van der Waals surface area contributed by atoms with Gasteiger partial charge in [-0.05, 0) is 37.6 Å². The predicted molar refractivity (Wildman–Crippen MR) is 108 cm³/mol. The Bertz CT molecular complexity index is 947. The van der Waals surface area contributed by atoms with Gasteiger partial charge >= 0.3 is 0 Å². The van der Waals surface area contributed by atoms with E-state index in [1.54, 1.807) is 4.68 Å². The van der Waals surface area contributed by atoms with E-state index in [0.29, 0.717) is 6.54 Å². The van der Waals surface area contributed by atoms with Gasteiger partial charge in [0.05, 0.1) is 23.8 Å². The first kappa shape index (κ1) is 19.4. The smallest absolute Gasteiger partial charge is 0.229 e. The van der Waals surface area contributed by atoms with Crippen LogP contribution in [-0.2, 0) is 11.8 Å². The Hall–Kier alpha value is -2.38. The second-order valence-electron chi connectivity index (χ2n) is 7.26. The molecule has 4 rings (SSSR count). The van der Waals surface area contributed by atoms with E-state index in [4.69, 9.17) is 0 Å². The standard InChI is InChI=1S/C19H24N6O.ClH/c1-12(2)25-18-6-15(5-4-13(18)7-22-25)23-19(26)17-10-20-9-16(17)14-8-21-24(3)11-14;/h4-8,11-12,16-17,20H,9-10H2,1-3H3,(H,23,26);1H/t16-,17+;/m1./s1. The maximum atomic E-state index is 12.9. The highest BCUT2D eigenvalue weighted by Crippen LogP contribution is 2.29. The molecule has 3 heterocycles. The molecule has 144 valence electrons. The van der Waals surface area contributed by atoms with Crippen LogP contribution in [0.3, 0.4) is 0 Å². The number of rotatable bonds is 4. The van der Waals surface area contributed by atoms with Gasteiger partial charge in [0.15, 0.2) is 0 Å². The zero-order chi connectivity index (χ0) is 18.3. The van der Waals surface area contributed by atoms with Gasteiger partial charge in [-0.1, -0.05) is 0 Å². The molecule has 1 aliphatic rings. The Morgan fingerprint density at radius 1 is 1.26 bits per heavy atom. The molecule has 2 aromatic heterocycles. The maximum absolute atomic E-state index is 12.9. The van der Waals surface area contributed by atoms with Gasteiger partial charge < -0.3 is 10.6 Å². The summed E-state index contributed by atoms with van der Waals surface area (Å²) in [4.78, 5) is 12.9. The number of fused-ring (bicyclic) bond motifs is 1. The highest BCUT2D eigenvalue weighted by molar-refractivity contribution is 5.95. The minimum atomic E-state index is -0.107. The highest BCUT2D eigenvalue weighted by atomic mass is 35.5. The third-order valence-electron chi connectivity index (χ3n) is 5.06. The fourth-order valence-electron chi connectivity index (χ4n) is 3.70. The van der Waals surface area contributed by atoms with E-state index >= 15 is 0 Å². The van der Waals surface area contributed by atoms with E-state index in [-0.39, 0.29) is 36.2 Å². The normalized spacial score (nSPS) is 19.4. The first-order chi connectivity index (χ1) is 12.5. The SMILES string of the molecule is CC(C)n1ncc2ccc(NC(=O)[C@H]3CNC[C@@H]3c3cnn(C)c3)cc21.Cl. The van der Waals surface area contributed by atoms with E-state index in [2.05, 4.69) is 34.7 Å². The third kappa shape index (κ3) is 3.70. The van der Waals surface area contributed by atoms with Crippen LogP contribution >= 0.6 is 12.4 Å². The van der Waals surface area contributed by atoms with Crippen molar-refractivity contribution in [3.05, 3.63) is 42.4 Å². The molecule has 3 aromatic rings. The fraction of sp³-hybridized carbons (Fsp3) is 0.421. The number of carbonyl (C=O) groups is 1. The van der Waals surface area contributed by atoms with Crippen molar-refractivity contribution in [1.82, 2.24) is 24.9 Å². The average molecular weight is 389 g/mol. The molecule has 0 spiro atoms. The Kier molecular flexibility index (Phi) is 5.53. The number of aryl methyl sites for hydroxylation is 1. The molecule has 1 saturated heterocycles. The van der Waals surface area contributed by atoms with Crippen molar-refractivity contribution in [2.45, 2.75) is 25.8 Å². The van der Waals surface area contributed by atoms with Crippen molar-refractivity contribution in [2.24, 2.45) is 13.0 Å². The predicted octanol–water partition coefficient (Wildman–Crippen LogP) is 2.71. The second-order valence-corrected chi connectivity index (χ2v) is 7.26. The summed E-state index contributed by atoms with van der Waals surface area (Å²) in [5.74, 6) is 0.0809. The first-order valence-electron chi connectivity index (χ1n) is 9.00. The van der Waals surface area contributed by atoms with Crippen LogP contribution < -0.4 is 10.6 Å². The van der Waals surface area contributed by atoms with Gasteiger partial charge in [0.2, 0.25) is 5.91 Å². The molecule has 1 fully saturated rings. The summed E-state index contributed by atoms with van der Waals surface area (Å²) in [6.07, 6.45) is 5.71. The number of carbonyl (C=O) groups excluding carboxylic acids is 1. The van der Waals surface area contributed by atoms with E-state index in [1.807, 2.05) is 48.5 Å². The van der Waals surface area contributed by atoms with Crippen molar-refractivity contribution < 1.29 is 4.79 Å². The van der Waals surface area contributed by atoms with E-state index < -0.39 is 0 Å². The number of hydrogen-bond donors (Lipinski definition) is 2. The quantitative estimate of drug-likeness (QED) is 0.720. The lowest BCUT2D eigenvalue weighted by Gasteiger charge is -2.17. The van der Waals surface area contributed by atoms with Gasteiger partial charge in [-0.2, -0.15) is 10.2 Å². The number of anilines is 1. The van der Waals surface area contributed by atoms with Crippen LogP contribution in [0.25, 0.3) is 10.9 Å². The Morgan fingerprint density at radius 3 is 2.78 bits per heavy atom. The van der Waals surface area contributed by atoms with Crippen molar-refractivity contribution in [3.63, 3.8) is 0 Å². The molecule has 27 heavy (non-hydrogen) atoms. The number of amides is 1. The van der Waals surface area contributed by atoms with Crippen molar-refractivity contribution in [1.29, 1.82) is 0 Å². The maximum Gasteiger partial charge on any atom is 0.229 e. The van der Waals surface area contributed by atoms with Crippen molar-refractivity contribution in [2.75, 3.05) is 18.4 Å². The lowest BCUT2D eigenvalue weighted by molar-refractivity contribution is -0.119. The second kappa shape index (κ2) is 7.70. The van der Waals surface area contributed by atoms with Crippen LogP contribution in [0.5, 0.6) is 0 Å². The van der Waals surface area contributed by atoms with Crippen molar-refractivity contribution in [3.8, 4) is 0 Å². The fourth-order valence-corrected chi connectivity index (χ4v) is 3.70. The molecule has 0 radical (unpaired) electrons. The lowest BCUT2D eigenvalue weighted by atomic mass is 9.90. The van der Waals surface area contributed by atoms with Gasteiger partial charge in [0, 0.05) is 49.4 Å². The highest BCUT2D eigenvalue weighted by Gasteiger charge is 2.34. The number of benzene rings is 1. The topological polar surface area (TPSA) is 76.8 Å². The number of halogens is 1. The molecular formula is C19H25ClN6O. The van der Waals surface area contributed by atoms with Crippen LogP contribution in [0, 0.1) is 5.92 Å². The number of nitrogens with zero attached hydrogens (tertiary/aromatic N) is 4. The number of aromatic nitrogens is 4. The van der Waals surface area contributed by atoms with Gasteiger partial charge in [-0.3, -0.25) is 14.2 Å². The molecule has 1 amide bonds.